The molecule has 1 aliphatic rings. The topological polar surface area (TPSA) is 57.6 Å². The van der Waals surface area contributed by atoms with E-state index in [1.54, 1.807) is 29.2 Å². The lowest BCUT2D eigenvalue weighted by molar-refractivity contribution is -0.139. The number of rotatable bonds is 3. The Morgan fingerprint density at radius 1 is 1.29 bits per heavy atom. The number of carbonyl (C=O) groups excluding carboxylic acids is 1. The highest BCUT2D eigenvalue weighted by Crippen LogP contribution is 2.22. The largest absolute Gasteiger partial charge is 0.481 e. The fourth-order valence-corrected chi connectivity index (χ4v) is 2.01. The average molecular weight is 254 g/mol. The fourth-order valence-electron chi connectivity index (χ4n) is 1.89. The lowest BCUT2D eigenvalue weighted by Gasteiger charge is -2.38. The van der Waals surface area contributed by atoms with E-state index < -0.39 is 5.97 Å². The lowest BCUT2D eigenvalue weighted by Crippen LogP contribution is -2.50. The quantitative estimate of drug-likeness (QED) is 0.895. The highest BCUT2D eigenvalue weighted by molar-refractivity contribution is 6.30. The second-order valence-electron chi connectivity index (χ2n) is 4.18. The first-order valence-electron chi connectivity index (χ1n) is 5.33. The molecule has 0 spiro atoms. The molecule has 0 radical (unpaired) electrons. The highest BCUT2D eigenvalue weighted by atomic mass is 35.5. The van der Waals surface area contributed by atoms with Crippen molar-refractivity contribution in [2.75, 3.05) is 13.1 Å². The third-order valence-electron chi connectivity index (χ3n) is 2.80. The molecule has 1 saturated heterocycles. The number of carbonyl (C=O) groups is 2. The van der Waals surface area contributed by atoms with Crippen LogP contribution in [0.3, 0.4) is 0 Å². The number of halogens is 1. The van der Waals surface area contributed by atoms with E-state index in [1.165, 1.54) is 0 Å². The molecule has 0 aliphatic carbocycles. The van der Waals surface area contributed by atoms with E-state index in [4.69, 9.17) is 16.7 Å². The zero-order valence-corrected chi connectivity index (χ0v) is 9.85. The maximum Gasteiger partial charge on any atom is 0.303 e. The predicted molar refractivity (Wildman–Crippen MR) is 63.1 cm³/mol. The molecule has 1 heterocycles. The van der Waals surface area contributed by atoms with Gasteiger partial charge in [-0.15, -0.1) is 0 Å². The van der Waals surface area contributed by atoms with E-state index in [1.807, 2.05) is 0 Å². The van der Waals surface area contributed by atoms with E-state index in [2.05, 4.69) is 0 Å². The molecule has 1 N–H and O–H groups in total. The van der Waals surface area contributed by atoms with Crippen molar-refractivity contribution in [2.24, 2.45) is 5.92 Å². The number of likely N-dealkylation sites (tertiary alicyclic amines) is 1. The summed E-state index contributed by atoms with van der Waals surface area (Å²) in [4.78, 5) is 24.0. The Hall–Kier alpha value is -1.55. The van der Waals surface area contributed by atoms with Gasteiger partial charge < -0.3 is 10.0 Å². The van der Waals surface area contributed by atoms with Gasteiger partial charge in [-0.05, 0) is 24.3 Å². The number of hydrogen-bond acceptors (Lipinski definition) is 2. The maximum absolute atomic E-state index is 11.9. The van der Waals surface area contributed by atoms with Crippen LogP contribution < -0.4 is 0 Å². The van der Waals surface area contributed by atoms with Crippen molar-refractivity contribution in [3.63, 3.8) is 0 Å². The van der Waals surface area contributed by atoms with Crippen LogP contribution in [0, 0.1) is 5.92 Å². The summed E-state index contributed by atoms with van der Waals surface area (Å²) in [5, 5.41) is 9.19. The van der Waals surface area contributed by atoms with Crippen LogP contribution in [0.1, 0.15) is 16.8 Å². The molecule has 0 saturated carbocycles. The van der Waals surface area contributed by atoms with Crippen LogP contribution in [-0.2, 0) is 4.79 Å². The molecule has 1 aliphatic heterocycles. The predicted octanol–water partition coefficient (Wildman–Crippen LogP) is 1.89. The molecule has 1 amide bonds. The molecule has 4 nitrogen and oxygen atoms in total. The molecule has 1 fully saturated rings. The van der Waals surface area contributed by atoms with Crippen LogP contribution in [0.4, 0.5) is 0 Å². The van der Waals surface area contributed by atoms with E-state index in [0.717, 1.165) is 0 Å². The average Bonchev–Trinajstić information content (AvgIpc) is 2.23. The van der Waals surface area contributed by atoms with Crippen molar-refractivity contribution in [1.29, 1.82) is 0 Å². The molecule has 2 rings (SSSR count). The van der Waals surface area contributed by atoms with Gasteiger partial charge in [0.15, 0.2) is 0 Å². The fraction of sp³-hybridized carbons (Fsp3) is 0.333. The number of carboxylic acids is 1. The first-order chi connectivity index (χ1) is 8.06. The molecule has 17 heavy (non-hydrogen) atoms. The van der Waals surface area contributed by atoms with Gasteiger partial charge in [-0.1, -0.05) is 11.6 Å². The summed E-state index contributed by atoms with van der Waals surface area (Å²) in [6.45, 7) is 1.04. The lowest BCUT2D eigenvalue weighted by atomic mass is 9.95. The number of aliphatic carboxylic acids is 1. The summed E-state index contributed by atoms with van der Waals surface area (Å²) in [5.41, 5.74) is 0.586. The van der Waals surface area contributed by atoms with Crippen LogP contribution >= 0.6 is 11.6 Å². The zero-order valence-electron chi connectivity index (χ0n) is 9.10. The highest BCUT2D eigenvalue weighted by Gasteiger charge is 2.32. The van der Waals surface area contributed by atoms with Crippen LogP contribution in [0.5, 0.6) is 0 Å². The van der Waals surface area contributed by atoms with Crippen LogP contribution in [-0.4, -0.2) is 35.0 Å². The summed E-state index contributed by atoms with van der Waals surface area (Å²) < 4.78 is 0. The second-order valence-corrected chi connectivity index (χ2v) is 4.62. The molecular formula is C12H12ClNO3. The SMILES string of the molecule is O=C(O)CC1CN(C(=O)c2ccc(Cl)cc2)C1. The number of amides is 1. The molecule has 90 valence electrons. The number of benzene rings is 1. The van der Waals surface area contributed by atoms with E-state index in [0.29, 0.717) is 23.7 Å². The molecule has 0 bridgehead atoms. The Labute approximate surface area is 104 Å². The Kier molecular flexibility index (Phi) is 3.33. The molecular weight excluding hydrogens is 242 g/mol. The van der Waals surface area contributed by atoms with Gasteiger partial charge >= 0.3 is 5.97 Å². The smallest absolute Gasteiger partial charge is 0.303 e. The van der Waals surface area contributed by atoms with Crippen LogP contribution in [0.2, 0.25) is 5.02 Å². The van der Waals surface area contributed by atoms with Crippen molar-refractivity contribution < 1.29 is 14.7 Å². The van der Waals surface area contributed by atoms with Crippen molar-refractivity contribution in [1.82, 2.24) is 4.90 Å². The number of hydrogen-bond donors (Lipinski definition) is 1. The van der Waals surface area contributed by atoms with Gasteiger partial charge in [-0.3, -0.25) is 9.59 Å². The molecule has 5 heteroatoms. The van der Waals surface area contributed by atoms with Crippen LogP contribution in [0.15, 0.2) is 24.3 Å². The summed E-state index contributed by atoms with van der Waals surface area (Å²) in [7, 11) is 0. The Bertz CT molecular complexity index is 438. The summed E-state index contributed by atoms with van der Waals surface area (Å²) >= 11 is 5.73. The van der Waals surface area contributed by atoms with Crippen molar-refractivity contribution in [3.05, 3.63) is 34.9 Å². The minimum Gasteiger partial charge on any atom is -0.481 e. The van der Waals surface area contributed by atoms with Crippen LogP contribution in [0.25, 0.3) is 0 Å². The minimum absolute atomic E-state index is 0.0664. The third kappa shape index (κ3) is 2.77. The van der Waals surface area contributed by atoms with Crippen molar-refractivity contribution in [2.45, 2.75) is 6.42 Å². The first-order valence-corrected chi connectivity index (χ1v) is 5.70. The van der Waals surface area contributed by atoms with Gasteiger partial charge in [0, 0.05) is 29.6 Å². The molecule has 0 aromatic heterocycles. The van der Waals surface area contributed by atoms with Gasteiger partial charge in [-0.2, -0.15) is 0 Å². The Morgan fingerprint density at radius 3 is 2.41 bits per heavy atom. The van der Waals surface area contributed by atoms with Gasteiger partial charge in [0.2, 0.25) is 0 Å². The minimum atomic E-state index is -0.811. The summed E-state index contributed by atoms with van der Waals surface area (Å²) in [5.74, 6) is -0.791. The van der Waals surface area contributed by atoms with Crippen molar-refractivity contribution >= 4 is 23.5 Å². The van der Waals surface area contributed by atoms with E-state index in [9.17, 15) is 9.59 Å². The van der Waals surface area contributed by atoms with Gasteiger partial charge in [0.25, 0.3) is 5.91 Å². The Balaban J connectivity index is 1.91. The summed E-state index contributed by atoms with van der Waals surface area (Å²) in [6, 6.07) is 6.69. The third-order valence-corrected chi connectivity index (χ3v) is 3.05. The monoisotopic (exact) mass is 253 g/mol. The molecule has 1 aromatic carbocycles. The van der Waals surface area contributed by atoms with Crippen molar-refractivity contribution in [3.8, 4) is 0 Å². The molecule has 0 unspecified atom stereocenters. The maximum atomic E-state index is 11.9. The van der Waals surface area contributed by atoms with Gasteiger partial charge in [-0.25, -0.2) is 0 Å². The van der Waals surface area contributed by atoms with E-state index in [-0.39, 0.29) is 18.2 Å². The van der Waals surface area contributed by atoms with Gasteiger partial charge in [0.1, 0.15) is 0 Å². The Morgan fingerprint density at radius 2 is 1.88 bits per heavy atom. The standard InChI is InChI=1S/C12H12ClNO3/c13-10-3-1-9(2-4-10)12(17)14-6-8(7-14)5-11(15)16/h1-4,8H,5-7H2,(H,15,16). The first kappa shape index (κ1) is 11.9. The number of carboxylic acid groups (broad SMARTS) is 1. The summed E-state index contributed by atoms with van der Waals surface area (Å²) in [6.07, 6.45) is 0.129. The normalized spacial score (nSPS) is 15.5. The second kappa shape index (κ2) is 4.75. The molecule has 1 aromatic rings. The van der Waals surface area contributed by atoms with Gasteiger partial charge in [0.05, 0.1) is 6.42 Å². The zero-order chi connectivity index (χ0) is 12.4. The van der Waals surface area contributed by atoms with E-state index >= 15 is 0 Å². The number of nitrogens with zero attached hydrogens (tertiary/aromatic N) is 1. The molecule has 0 atom stereocenters.